The van der Waals surface area contributed by atoms with Crippen LogP contribution in [-0.2, 0) is 9.53 Å². The molecule has 27 heavy (non-hydrogen) atoms. The van der Waals surface area contributed by atoms with Crippen molar-refractivity contribution in [2.45, 2.75) is 50.6 Å². The van der Waals surface area contributed by atoms with Crippen molar-refractivity contribution in [3.05, 3.63) is 33.4 Å². The van der Waals surface area contributed by atoms with Gasteiger partial charge in [-0.3, -0.25) is 0 Å². The van der Waals surface area contributed by atoms with Crippen LogP contribution in [0.25, 0.3) is 0 Å². The first-order valence-electron chi connectivity index (χ1n) is 9.27. The van der Waals surface area contributed by atoms with Crippen LogP contribution in [0.2, 0.25) is 0 Å². The number of carboxylic acids is 1. The van der Waals surface area contributed by atoms with Crippen LogP contribution < -0.4 is 0 Å². The first-order chi connectivity index (χ1) is 12.7. The number of rotatable bonds is 5. The number of ether oxygens (including phenoxy) is 1. The van der Waals surface area contributed by atoms with Crippen molar-refractivity contribution in [3.8, 4) is 0 Å². The molecule has 1 atom stereocenters. The van der Waals surface area contributed by atoms with E-state index in [1.54, 1.807) is 12.1 Å². The van der Waals surface area contributed by atoms with Crippen LogP contribution in [0.1, 0.15) is 48.9 Å². The second kappa shape index (κ2) is 6.67. The molecule has 0 aromatic heterocycles. The molecule has 1 N–H and O–H groups in total. The van der Waals surface area contributed by atoms with Gasteiger partial charge < -0.3 is 9.84 Å². The van der Waals surface area contributed by atoms with E-state index in [0.29, 0.717) is 37.0 Å². The Morgan fingerprint density at radius 2 is 1.56 bits per heavy atom. The molecule has 4 aliphatic rings. The standard InChI is InChI=1S/C20H21F2IO4/c21-20(22,18(25)26)17(27-16(24)14-1-3-15(23)4-2-14)19-8-11-5-12(9-19)7-13(6-11)10-19/h1-4,11-13,17H,5-10H2,(H,25,26). The molecule has 4 fully saturated rings. The van der Waals surface area contributed by atoms with Gasteiger partial charge in [-0.1, -0.05) is 0 Å². The van der Waals surface area contributed by atoms with Crippen LogP contribution in [-0.4, -0.2) is 29.1 Å². The van der Waals surface area contributed by atoms with E-state index in [4.69, 9.17) is 4.74 Å². The summed E-state index contributed by atoms with van der Waals surface area (Å²) in [4.78, 5) is 24.0. The number of hydrogen-bond donors (Lipinski definition) is 1. The van der Waals surface area contributed by atoms with Gasteiger partial charge in [-0.2, -0.15) is 8.78 Å². The van der Waals surface area contributed by atoms with Crippen LogP contribution in [0.5, 0.6) is 0 Å². The number of halogens is 3. The third-order valence-electron chi connectivity index (χ3n) is 6.56. The van der Waals surface area contributed by atoms with Crippen molar-refractivity contribution in [1.82, 2.24) is 0 Å². The van der Waals surface area contributed by atoms with Crippen molar-refractivity contribution in [3.63, 3.8) is 0 Å². The summed E-state index contributed by atoms with van der Waals surface area (Å²) in [7, 11) is 0. The van der Waals surface area contributed by atoms with Crippen LogP contribution in [0.3, 0.4) is 0 Å². The van der Waals surface area contributed by atoms with Gasteiger partial charge in [0.15, 0.2) is 6.10 Å². The van der Waals surface area contributed by atoms with Crippen LogP contribution in [0.4, 0.5) is 8.78 Å². The summed E-state index contributed by atoms with van der Waals surface area (Å²) in [6.07, 6.45) is 2.70. The van der Waals surface area contributed by atoms with Gasteiger partial charge in [0.25, 0.3) is 0 Å². The number of aliphatic carboxylic acids is 1. The Kier molecular flexibility index (Phi) is 4.71. The monoisotopic (exact) mass is 490 g/mol. The zero-order chi connectivity index (χ0) is 19.4. The van der Waals surface area contributed by atoms with Gasteiger partial charge in [-0.15, -0.1) is 0 Å². The van der Waals surface area contributed by atoms with Gasteiger partial charge in [0.2, 0.25) is 0 Å². The number of hydrogen-bond acceptors (Lipinski definition) is 3. The van der Waals surface area contributed by atoms with E-state index >= 15 is 0 Å². The van der Waals surface area contributed by atoms with Crippen molar-refractivity contribution in [1.29, 1.82) is 0 Å². The minimum atomic E-state index is -4.11. The Morgan fingerprint density at radius 1 is 1.07 bits per heavy atom. The summed E-state index contributed by atoms with van der Waals surface area (Å²) in [5, 5.41) is 9.19. The number of carboxylic acid groups (broad SMARTS) is 1. The SMILES string of the molecule is O=C(OC(C12CC3CC(CC(C3)C1)C2)C(F)(F)C(=O)O)c1ccc(I)cc1. The maximum Gasteiger partial charge on any atom is 0.379 e. The maximum atomic E-state index is 14.8. The number of benzene rings is 1. The lowest BCUT2D eigenvalue weighted by Crippen LogP contribution is -2.60. The normalized spacial score (nSPS) is 32.9. The summed E-state index contributed by atoms with van der Waals surface area (Å²) in [6, 6.07) is 6.40. The Bertz CT molecular complexity index is 726. The van der Waals surface area contributed by atoms with Crippen molar-refractivity contribution < 1.29 is 28.2 Å². The second-order valence-electron chi connectivity index (χ2n) is 8.50. The molecule has 0 saturated heterocycles. The highest BCUT2D eigenvalue weighted by Crippen LogP contribution is 2.63. The third-order valence-corrected chi connectivity index (χ3v) is 7.28. The molecule has 1 aromatic carbocycles. The van der Waals surface area contributed by atoms with Crippen LogP contribution >= 0.6 is 22.6 Å². The Labute approximate surface area is 169 Å². The van der Waals surface area contributed by atoms with Gasteiger partial charge in [-0.25, -0.2) is 9.59 Å². The van der Waals surface area contributed by atoms with E-state index in [0.717, 1.165) is 22.8 Å². The predicted molar refractivity (Wildman–Crippen MR) is 102 cm³/mol. The highest BCUT2D eigenvalue weighted by molar-refractivity contribution is 14.1. The largest absolute Gasteiger partial charge is 0.477 e. The molecule has 0 spiro atoms. The molecule has 4 bridgehead atoms. The summed E-state index contributed by atoms with van der Waals surface area (Å²) in [6.45, 7) is 0. The fourth-order valence-corrected chi connectivity index (χ4v) is 6.32. The van der Waals surface area contributed by atoms with Crippen molar-refractivity contribution >= 4 is 34.5 Å². The Morgan fingerprint density at radius 3 is 2.00 bits per heavy atom. The summed E-state index contributed by atoms with van der Waals surface area (Å²) in [5.74, 6) is -6.21. The number of esters is 1. The molecular weight excluding hydrogens is 469 g/mol. The average molecular weight is 490 g/mol. The summed E-state index contributed by atoms with van der Waals surface area (Å²) in [5.41, 5.74) is -0.776. The van der Waals surface area contributed by atoms with Crippen LogP contribution in [0, 0.1) is 26.7 Å². The van der Waals surface area contributed by atoms with E-state index < -0.39 is 29.4 Å². The fraction of sp³-hybridized carbons (Fsp3) is 0.600. The lowest BCUT2D eigenvalue weighted by Gasteiger charge is -2.59. The molecule has 146 valence electrons. The number of alkyl halides is 2. The minimum Gasteiger partial charge on any atom is -0.477 e. The molecule has 0 heterocycles. The smallest absolute Gasteiger partial charge is 0.379 e. The van der Waals surface area contributed by atoms with Gasteiger partial charge in [0.1, 0.15) is 0 Å². The summed E-state index contributed by atoms with van der Waals surface area (Å²) < 4.78 is 35.8. The molecule has 4 nitrogen and oxygen atoms in total. The Balaban J connectivity index is 1.67. The zero-order valence-electron chi connectivity index (χ0n) is 14.7. The highest BCUT2D eigenvalue weighted by Gasteiger charge is 2.65. The molecule has 7 heteroatoms. The van der Waals surface area contributed by atoms with Gasteiger partial charge in [0.05, 0.1) is 5.56 Å². The molecule has 4 aliphatic carbocycles. The van der Waals surface area contributed by atoms with Crippen molar-refractivity contribution in [2.24, 2.45) is 23.2 Å². The van der Waals surface area contributed by atoms with Gasteiger partial charge in [-0.05, 0) is 103 Å². The van der Waals surface area contributed by atoms with Crippen molar-refractivity contribution in [2.75, 3.05) is 0 Å². The fourth-order valence-electron chi connectivity index (χ4n) is 5.96. The van der Waals surface area contributed by atoms with E-state index in [-0.39, 0.29) is 5.56 Å². The predicted octanol–water partition coefficient (Wildman–Crippen LogP) is 4.75. The molecule has 1 aromatic rings. The lowest BCUT2D eigenvalue weighted by molar-refractivity contribution is -0.221. The van der Waals surface area contributed by atoms with E-state index in [1.807, 2.05) is 0 Å². The van der Waals surface area contributed by atoms with E-state index in [1.165, 1.54) is 12.1 Å². The topological polar surface area (TPSA) is 63.6 Å². The summed E-state index contributed by atoms with van der Waals surface area (Å²) >= 11 is 2.08. The molecule has 5 rings (SSSR count). The molecular formula is C20H21F2IO4. The lowest BCUT2D eigenvalue weighted by atomic mass is 9.47. The van der Waals surface area contributed by atoms with E-state index in [2.05, 4.69) is 22.6 Å². The first kappa shape index (κ1) is 19.1. The molecule has 4 saturated carbocycles. The molecule has 0 amide bonds. The zero-order valence-corrected chi connectivity index (χ0v) is 16.8. The molecule has 0 aliphatic heterocycles. The van der Waals surface area contributed by atoms with Gasteiger partial charge >= 0.3 is 17.9 Å². The van der Waals surface area contributed by atoms with E-state index in [9.17, 15) is 23.5 Å². The van der Waals surface area contributed by atoms with Crippen LogP contribution in [0.15, 0.2) is 24.3 Å². The first-order valence-corrected chi connectivity index (χ1v) is 10.4. The average Bonchev–Trinajstić information content (AvgIpc) is 2.58. The number of carbonyl (C=O) groups is 2. The van der Waals surface area contributed by atoms with Gasteiger partial charge in [0, 0.05) is 8.99 Å². The third kappa shape index (κ3) is 3.36. The second-order valence-corrected chi connectivity index (χ2v) is 9.75. The number of carbonyl (C=O) groups excluding carboxylic acids is 1. The molecule has 1 unspecified atom stereocenters. The minimum absolute atomic E-state index is 0.159. The molecule has 0 radical (unpaired) electrons. The highest BCUT2D eigenvalue weighted by atomic mass is 127. The quantitative estimate of drug-likeness (QED) is 0.478. The maximum absolute atomic E-state index is 14.8. The Hall–Kier alpha value is -1.25.